The van der Waals surface area contributed by atoms with Gasteiger partial charge < -0.3 is 4.74 Å². The van der Waals surface area contributed by atoms with Crippen LogP contribution >= 0.6 is 0 Å². The molecule has 3 nitrogen and oxygen atoms in total. The molecule has 0 aliphatic carbocycles. The molecule has 0 aliphatic heterocycles. The molecule has 0 atom stereocenters. The lowest BCUT2D eigenvalue weighted by molar-refractivity contribution is 0.0600. The fourth-order valence-corrected chi connectivity index (χ4v) is 1.99. The van der Waals surface area contributed by atoms with E-state index in [2.05, 4.69) is 35.8 Å². The summed E-state index contributed by atoms with van der Waals surface area (Å²) in [7, 11) is -0.193. The van der Waals surface area contributed by atoms with E-state index in [4.69, 9.17) is 0 Å². The predicted octanol–water partition coefficient (Wildman–Crippen LogP) is 2.82. The second-order valence-electron chi connectivity index (χ2n) is 5.35. The molecule has 0 amide bonds. The lowest BCUT2D eigenvalue weighted by atomic mass is 10.00. The van der Waals surface area contributed by atoms with E-state index < -0.39 is 14.0 Å². The molecule has 0 aliphatic rings. The minimum absolute atomic E-state index is 0.357. The third kappa shape index (κ3) is 4.07. The van der Waals surface area contributed by atoms with E-state index in [9.17, 15) is 9.59 Å². The Labute approximate surface area is 115 Å². The Hall–Kier alpha value is -1.86. The number of aldehydes is 1. The zero-order valence-corrected chi connectivity index (χ0v) is 13.0. The van der Waals surface area contributed by atoms with Gasteiger partial charge in [-0.2, -0.15) is 0 Å². The van der Waals surface area contributed by atoms with E-state index in [-0.39, 0.29) is 0 Å². The topological polar surface area (TPSA) is 43.4 Å². The molecule has 0 heterocycles. The molecule has 1 aromatic carbocycles. The van der Waals surface area contributed by atoms with E-state index in [1.165, 1.54) is 13.2 Å². The number of benzene rings is 1. The SMILES string of the molecule is COC(=O)c1cc(C#C[Si](C)(C)C)c(C)c(C=O)c1. The molecule has 0 saturated heterocycles. The highest BCUT2D eigenvalue weighted by Gasteiger charge is 2.12. The van der Waals surface area contributed by atoms with Crippen LogP contribution in [0.3, 0.4) is 0 Å². The molecule has 0 spiro atoms. The van der Waals surface area contributed by atoms with Gasteiger partial charge in [0.15, 0.2) is 0 Å². The second-order valence-corrected chi connectivity index (χ2v) is 10.1. The van der Waals surface area contributed by atoms with Crippen LogP contribution in [0.1, 0.15) is 31.8 Å². The zero-order chi connectivity index (χ0) is 14.6. The summed E-state index contributed by atoms with van der Waals surface area (Å²) in [5.74, 6) is 2.63. The Morgan fingerprint density at radius 2 is 1.95 bits per heavy atom. The second kappa shape index (κ2) is 5.85. The number of methoxy groups -OCH3 is 1. The third-order valence-electron chi connectivity index (χ3n) is 2.57. The van der Waals surface area contributed by atoms with Crippen molar-refractivity contribution in [3.8, 4) is 11.5 Å². The van der Waals surface area contributed by atoms with Crippen LogP contribution in [-0.4, -0.2) is 27.4 Å². The number of carbonyl (C=O) groups excluding carboxylic acids is 2. The summed E-state index contributed by atoms with van der Waals surface area (Å²) < 4.78 is 4.68. The van der Waals surface area contributed by atoms with Gasteiger partial charge in [-0.3, -0.25) is 4.79 Å². The van der Waals surface area contributed by atoms with Gasteiger partial charge in [0, 0.05) is 11.1 Å². The molecule has 1 aromatic rings. The third-order valence-corrected chi connectivity index (χ3v) is 3.44. The quantitative estimate of drug-likeness (QED) is 0.360. The number of rotatable bonds is 2. The van der Waals surface area contributed by atoms with E-state index in [0.29, 0.717) is 16.7 Å². The predicted molar refractivity (Wildman–Crippen MR) is 78.1 cm³/mol. The van der Waals surface area contributed by atoms with Gasteiger partial charge in [0.2, 0.25) is 0 Å². The van der Waals surface area contributed by atoms with E-state index in [1.807, 2.05) is 6.92 Å². The van der Waals surface area contributed by atoms with Crippen molar-refractivity contribution in [2.24, 2.45) is 0 Å². The summed E-state index contributed by atoms with van der Waals surface area (Å²) in [5, 5.41) is 0. The van der Waals surface area contributed by atoms with Crippen LogP contribution in [0.2, 0.25) is 19.6 Å². The molecule has 0 N–H and O–H groups in total. The first-order chi connectivity index (χ1) is 8.78. The monoisotopic (exact) mass is 274 g/mol. The van der Waals surface area contributed by atoms with Crippen LogP contribution in [0.25, 0.3) is 0 Å². The van der Waals surface area contributed by atoms with Crippen molar-refractivity contribution in [1.82, 2.24) is 0 Å². The smallest absolute Gasteiger partial charge is 0.337 e. The molecule has 19 heavy (non-hydrogen) atoms. The van der Waals surface area contributed by atoms with Crippen molar-refractivity contribution in [3.63, 3.8) is 0 Å². The minimum atomic E-state index is -1.51. The first-order valence-corrected chi connectivity index (χ1v) is 9.50. The van der Waals surface area contributed by atoms with Crippen molar-refractivity contribution in [2.45, 2.75) is 26.6 Å². The molecule has 0 aromatic heterocycles. The Morgan fingerprint density at radius 3 is 2.42 bits per heavy atom. The van der Waals surface area contributed by atoms with Gasteiger partial charge >= 0.3 is 5.97 Å². The first-order valence-electron chi connectivity index (χ1n) is 6.00. The molecule has 1 rings (SSSR count). The Kier molecular flexibility index (Phi) is 4.68. The average Bonchev–Trinajstić information content (AvgIpc) is 2.35. The van der Waals surface area contributed by atoms with Gasteiger partial charge in [-0.1, -0.05) is 25.6 Å². The molecule has 0 bridgehead atoms. The molecular formula is C15H18O3Si. The standard InChI is InChI=1S/C15H18O3Si/c1-11-12(6-7-19(3,4)5)8-13(15(17)18-2)9-14(11)10-16/h8-10H,1-5H3. The Bertz CT molecular complexity index is 572. The van der Waals surface area contributed by atoms with Crippen LogP contribution in [0, 0.1) is 18.4 Å². The van der Waals surface area contributed by atoms with Crippen LogP contribution in [-0.2, 0) is 4.74 Å². The Balaban J connectivity index is 3.41. The number of hydrogen-bond donors (Lipinski definition) is 0. The first kappa shape index (κ1) is 15.2. The van der Waals surface area contributed by atoms with Gasteiger partial charge in [0.25, 0.3) is 0 Å². The van der Waals surface area contributed by atoms with Crippen molar-refractivity contribution in [3.05, 3.63) is 34.4 Å². The molecule has 0 radical (unpaired) electrons. The van der Waals surface area contributed by atoms with Gasteiger partial charge in [0.05, 0.1) is 12.7 Å². The van der Waals surface area contributed by atoms with E-state index in [0.717, 1.165) is 11.8 Å². The summed E-state index contributed by atoms with van der Waals surface area (Å²) in [6.07, 6.45) is 0.738. The fraction of sp³-hybridized carbons (Fsp3) is 0.333. The van der Waals surface area contributed by atoms with Crippen LogP contribution in [0.15, 0.2) is 12.1 Å². The van der Waals surface area contributed by atoms with Gasteiger partial charge in [-0.05, 0) is 24.6 Å². The van der Waals surface area contributed by atoms with Crippen molar-refractivity contribution >= 4 is 20.3 Å². The maximum absolute atomic E-state index is 11.6. The van der Waals surface area contributed by atoms with Crippen LogP contribution in [0.4, 0.5) is 0 Å². The highest BCUT2D eigenvalue weighted by molar-refractivity contribution is 6.83. The molecule has 4 heteroatoms. The highest BCUT2D eigenvalue weighted by atomic mass is 28.3. The number of ether oxygens (including phenoxy) is 1. The van der Waals surface area contributed by atoms with Crippen molar-refractivity contribution in [2.75, 3.05) is 7.11 Å². The number of esters is 1. The fourth-order valence-electron chi connectivity index (χ4n) is 1.48. The molecule has 0 saturated carbocycles. The van der Waals surface area contributed by atoms with E-state index in [1.54, 1.807) is 6.07 Å². The average molecular weight is 274 g/mol. The van der Waals surface area contributed by atoms with Crippen molar-refractivity contribution < 1.29 is 14.3 Å². The highest BCUT2D eigenvalue weighted by Crippen LogP contribution is 2.16. The molecule has 0 unspecified atom stereocenters. The summed E-state index contributed by atoms with van der Waals surface area (Å²) in [4.78, 5) is 22.6. The summed E-state index contributed by atoms with van der Waals surface area (Å²) >= 11 is 0. The summed E-state index contributed by atoms with van der Waals surface area (Å²) in [6.45, 7) is 8.25. The molecular weight excluding hydrogens is 256 g/mol. The maximum Gasteiger partial charge on any atom is 0.337 e. The minimum Gasteiger partial charge on any atom is -0.465 e. The van der Waals surface area contributed by atoms with Gasteiger partial charge in [0.1, 0.15) is 14.4 Å². The number of carbonyl (C=O) groups is 2. The van der Waals surface area contributed by atoms with Crippen LogP contribution < -0.4 is 0 Å². The lowest BCUT2D eigenvalue weighted by Gasteiger charge is -2.08. The zero-order valence-electron chi connectivity index (χ0n) is 12.0. The van der Waals surface area contributed by atoms with E-state index >= 15 is 0 Å². The normalized spacial score (nSPS) is 10.4. The van der Waals surface area contributed by atoms with Crippen molar-refractivity contribution in [1.29, 1.82) is 0 Å². The molecule has 0 fully saturated rings. The largest absolute Gasteiger partial charge is 0.465 e. The van der Waals surface area contributed by atoms with Crippen LogP contribution in [0.5, 0.6) is 0 Å². The Morgan fingerprint density at radius 1 is 1.32 bits per heavy atom. The summed E-state index contributed by atoms with van der Waals surface area (Å²) in [6, 6.07) is 3.22. The van der Waals surface area contributed by atoms with Gasteiger partial charge in [-0.25, -0.2) is 4.79 Å². The lowest BCUT2D eigenvalue weighted by Crippen LogP contribution is -2.16. The number of hydrogen-bond acceptors (Lipinski definition) is 3. The summed E-state index contributed by atoms with van der Waals surface area (Å²) in [5.41, 5.74) is 5.58. The maximum atomic E-state index is 11.6. The van der Waals surface area contributed by atoms with Gasteiger partial charge in [-0.15, -0.1) is 5.54 Å². The molecule has 100 valence electrons.